The number of hydrogen-bond acceptors (Lipinski definition) is 6. The van der Waals surface area contributed by atoms with E-state index in [1.165, 1.54) is 5.69 Å². The summed E-state index contributed by atoms with van der Waals surface area (Å²) >= 11 is 0. The van der Waals surface area contributed by atoms with Crippen LogP contribution in [0.4, 0.5) is 4.79 Å². The molecule has 3 aliphatic rings. The maximum atomic E-state index is 11.7. The number of amides is 1. The van der Waals surface area contributed by atoms with Crippen LogP contribution in [0.3, 0.4) is 0 Å². The first-order chi connectivity index (χ1) is 22.0. The Kier molecular flexibility index (Phi) is 9.91. The van der Waals surface area contributed by atoms with Crippen LogP contribution >= 0.6 is 0 Å². The third-order valence-electron chi connectivity index (χ3n) is 8.38. The van der Waals surface area contributed by atoms with Crippen LogP contribution in [0.2, 0.25) is 0 Å². The Labute approximate surface area is 271 Å². The van der Waals surface area contributed by atoms with Crippen LogP contribution in [0, 0.1) is 0 Å². The van der Waals surface area contributed by atoms with Crippen LogP contribution in [0.25, 0.3) is 11.4 Å². The maximum Gasteiger partial charge on any atom is 0.410 e. The second-order valence-corrected chi connectivity index (χ2v) is 13.2. The van der Waals surface area contributed by atoms with Crippen molar-refractivity contribution in [3.8, 4) is 22.9 Å². The van der Waals surface area contributed by atoms with Gasteiger partial charge in [0.15, 0.2) is 5.60 Å². The van der Waals surface area contributed by atoms with Gasteiger partial charge in [0.05, 0.1) is 17.1 Å². The van der Waals surface area contributed by atoms with Crippen LogP contribution in [-0.2, 0) is 15.1 Å². The van der Waals surface area contributed by atoms with Crippen molar-refractivity contribution in [2.45, 2.75) is 83.6 Å². The van der Waals surface area contributed by atoms with E-state index in [1.54, 1.807) is 11.0 Å². The molecule has 3 unspecified atom stereocenters. The minimum absolute atomic E-state index is 0.0406. The molecule has 9 heteroatoms. The van der Waals surface area contributed by atoms with Crippen molar-refractivity contribution in [2.75, 3.05) is 13.1 Å². The minimum atomic E-state index is -0.474. The Hall–Kier alpha value is -4.50. The minimum Gasteiger partial charge on any atom is -0.506 e. The van der Waals surface area contributed by atoms with E-state index in [2.05, 4.69) is 53.3 Å². The van der Waals surface area contributed by atoms with E-state index in [-0.39, 0.29) is 23.5 Å². The third-order valence-corrected chi connectivity index (χ3v) is 8.38. The molecule has 46 heavy (non-hydrogen) atoms. The summed E-state index contributed by atoms with van der Waals surface area (Å²) in [6.45, 7) is 11.1. The van der Waals surface area contributed by atoms with Gasteiger partial charge in [-0.05, 0) is 89.7 Å². The number of rotatable bonds is 1. The Balaban J connectivity index is 0.000000140. The highest BCUT2D eigenvalue weighted by Crippen LogP contribution is 2.44. The number of fused-ring (bicyclic) bond motifs is 4. The number of carbonyl (C=O) groups excluding carboxylic acids is 2. The molecule has 5 heterocycles. The summed E-state index contributed by atoms with van der Waals surface area (Å²) in [5, 5.41) is 13.0. The number of likely N-dealkylation sites (tertiary alicyclic amines) is 1. The van der Waals surface area contributed by atoms with Gasteiger partial charge in [-0.15, -0.1) is 0 Å². The summed E-state index contributed by atoms with van der Waals surface area (Å²) in [6.07, 6.45) is 8.56. The number of carbonyl (C=O) groups is 2. The molecule has 0 bridgehead atoms. The van der Waals surface area contributed by atoms with Gasteiger partial charge in [0, 0.05) is 62.9 Å². The molecule has 244 valence electrons. The lowest BCUT2D eigenvalue weighted by molar-refractivity contribution is -0.122. The molecule has 2 fully saturated rings. The number of aromatic nitrogens is 2. The van der Waals surface area contributed by atoms with Gasteiger partial charge in [0.25, 0.3) is 0 Å². The average molecular weight is 627 g/mol. The monoisotopic (exact) mass is 626 g/mol. The van der Waals surface area contributed by atoms with Crippen LogP contribution < -0.4 is 10.1 Å². The quantitative estimate of drug-likeness (QED) is 0.236. The number of ether oxygens (including phenoxy) is 2. The topological polar surface area (TPSA) is 98.0 Å². The van der Waals surface area contributed by atoms with Gasteiger partial charge >= 0.3 is 6.09 Å². The zero-order valence-electron chi connectivity index (χ0n) is 27.5. The third kappa shape index (κ3) is 7.65. The number of aromatic hydroxyl groups is 1. The molecule has 2 saturated heterocycles. The Morgan fingerprint density at radius 1 is 0.957 bits per heavy atom. The average Bonchev–Trinajstić information content (AvgIpc) is 3.71. The van der Waals surface area contributed by atoms with Gasteiger partial charge < -0.3 is 33.9 Å². The van der Waals surface area contributed by atoms with Gasteiger partial charge in [-0.1, -0.05) is 24.3 Å². The molecule has 2 N–H and O–H groups in total. The molecule has 0 radical (unpaired) electrons. The lowest BCUT2D eigenvalue weighted by atomic mass is 9.84. The fourth-order valence-electron chi connectivity index (χ4n) is 6.26. The molecule has 9 nitrogen and oxygen atoms in total. The zero-order valence-corrected chi connectivity index (χ0v) is 27.5. The predicted molar refractivity (Wildman–Crippen MR) is 179 cm³/mol. The molecule has 0 aliphatic carbocycles. The van der Waals surface area contributed by atoms with Crippen molar-refractivity contribution in [1.82, 2.24) is 19.4 Å². The smallest absolute Gasteiger partial charge is 0.410 e. The van der Waals surface area contributed by atoms with Crippen molar-refractivity contribution < 1.29 is 24.2 Å². The molecule has 1 spiro atoms. The van der Waals surface area contributed by atoms with E-state index in [4.69, 9.17) is 9.47 Å². The van der Waals surface area contributed by atoms with Crippen LogP contribution in [-0.4, -0.2) is 61.8 Å². The molecule has 1 amide bonds. The normalized spacial score (nSPS) is 21.8. The Bertz CT molecular complexity index is 1620. The highest BCUT2D eigenvalue weighted by molar-refractivity contribution is 5.82. The number of phenolic OH excluding ortho intramolecular Hbond substituents is 1. The second kappa shape index (κ2) is 13.9. The van der Waals surface area contributed by atoms with Crippen LogP contribution in [0.1, 0.15) is 66.0 Å². The molecule has 3 aliphatic heterocycles. The molecule has 0 saturated carbocycles. The first kappa shape index (κ1) is 32.9. The fourth-order valence-corrected chi connectivity index (χ4v) is 6.26. The number of nitrogens with zero attached hydrogens (tertiary/aromatic N) is 3. The summed E-state index contributed by atoms with van der Waals surface area (Å²) in [4.78, 5) is 24.5. The number of ketones is 1. The number of piperidine rings is 2. The van der Waals surface area contributed by atoms with Crippen molar-refractivity contribution in [3.05, 3.63) is 97.1 Å². The van der Waals surface area contributed by atoms with E-state index in [0.29, 0.717) is 31.2 Å². The highest BCUT2D eigenvalue weighted by atomic mass is 16.6. The molecule has 3 atom stereocenters. The predicted octanol–water partition coefficient (Wildman–Crippen LogP) is 6.99. The molecular weight excluding hydrogens is 580 g/mol. The van der Waals surface area contributed by atoms with Gasteiger partial charge in [-0.25, -0.2) is 4.79 Å². The number of hydrogen-bond donors (Lipinski definition) is 2. The Morgan fingerprint density at radius 3 is 2.33 bits per heavy atom. The van der Waals surface area contributed by atoms with Gasteiger partial charge in [-0.2, -0.15) is 0 Å². The van der Waals surface area contributed by atoms with Crippen molar-refractivity contribution >= 4 is 11.9 Å². The summed E-state index contributed by atoms with van der Waals surface area (Å²) in [5.41, 5.74) is 2.61. The first-order valence-electron chi connectivity index (χ1n) is 16.1. The molecule has 2 aromatic carbocycles. The number of nitrogens with one attached hydrogen (secondary N) is 1. The number of benzene rings is 2. The molecule has 7 rings (SSSR count). The summed E-state index contributed by atoms with van der Waals surface area (Å²) in [6, 6.07) is 24.2. The zero-order chi connectivity index (χ0) is 32.9. The second-order valence-electron chi connectivity index (χ2n) is 13.2. The van der Waals surface area contributed by atoms with E-state index >= 15 is 0 Å². The van der Waals surface area contributed by atoms with E-state index < -0.39 is 5.60 Å². The van der Waals surface area contributed by atoms with E-state index in [9.17, 15) is 14.7 Å². The number of phenols is 1. The fraction of sp³-hybridized carbons (Fsp3) is 0.405. The lowest BCUT2D eigenvalue weighted by Crippen LogP contribution is -2.50. The molecule has 2 aromatic heterocycles. The molecular formula is C37H46N4O5. The van der Waals surface area contributed by atoms with Gasteiger partial charge in [0.2, 0.25) is 0 Å². The number of Topliss-reactive ketones (excluding diaryl/α,β-unsaturated/α-hetero) is 1. The maximum absolute atomic E-state index is 11.7. The van der Waals surface area contributed by atoms with Gasteiger partial charge in [0.1, 0.15) is 22.9 Å². The SMILES string of the molecule is CC1CC(=O)CCN1C(=O)OC(C)(C)C.CC1CC2(CCN1)Oc1ccccc1-n1cccc12.Oc1ccccc1-n1cccc1. The number of para-hydroxylation sites is 4. The van der Waals surface area contributed by atoms with Gasteiger partial charge in [-0.3, -0.25) is 4.79 Å². The van der Waals surface area contributed by atoms with E-state index in [0.717, 1.165) is 36.5 Å². The Morgan fingerprint density at radius 2 is 1.65 bits per heavy atom. The van der Waals surface area contributed by atoms with Crippen LogP contribution in [0.15, 0.2) is 91.4 Å². The van der Waals surface area contributed by atoms with Crippen LogP contribution in [0.5, 0.6) is 11.5 Å². The lowest BCUT2D eigenvalue weighted by Gasteiger charge is -2.44. The standard InChI is InChI=1S/C16H18N2O.C11H19NO3.C10H9NO/c1-12-11-16(8-9-17-12)15-7-4-10-18(15)13-5-2-3-6-14(13)19-16;1-8-7-9(13)5-6-12(8)10(14)15-11(2,3)4;12-10-6-2-1-5-9(10)11-7-3-4-8-11/h2-7,10,12,17H,8-9,11H2,1H3;8H,5-7H2,1-4H3;1-8,12H. The van der Waals surface area contributed by atoms with Crippen molar-refractivity contribution in [2.24, 2.45) is 0 Å². The summed E-state index contributed by atoms with van der Waals surface area (Å²) in [7, 11) is 0. The largest absolute Gasteiger partial charge is 0.506 e. The van der Waals surface area contributed by atoms with E-state index in [1.807, 2.05) is 81.1 Å². The summed E-state index contributed by atoms with van der Waals surface area (Å²) < 4.78 is 15.9. The first-order valence-corrected chi connectivity index (χ1v) is 16.1. The van der Waals surface area contributed by atoms with Crippen molar-refractivity contribution in [1.29, 1.82) is 0 Å². The summed E-state index contributed by atoms with van der Waals surface area (Å²) in [5.74, 6) is 1.52. The van der Waals surface area contributed by atoms with Crippen molar-refractivity contribution in [3.63, 3.8) is 0 Å². The highest BCUT2D eigenvalue weighted by Gasteiger charge is 2.44. The molecule has 4 aromatic rings.